The van der Waals surface area contributed by atoms with Gasteiger partial charge in [0.15, 0.2) is 0 Å². The van der Waals surface area contributed by atoms with Crippen molar-refractivity contribution < 1.29 is 13.2 Å². The summed E-state index contributed by atoms with van der Waals surface area (Å²) in [5.74, 6) is 1.48. The van der Waals surface area contributed by atoms with E-state index in [1.807, 2.05) is 37.3 Å². The van der Waals surface area contributed by atoms with Crippen molar-refractivity contribution in [3.8, 4) is 0 Å². The summed E-state index contributed by atoms with van der Waals surface area (Å²) in [5.41, 5.74) is 2.64. The lowest BCUT2D eigenvalue weighted by Gasteiger charge is -2.22. The van der Waals surface area contributed by atoms with Crippen LogP contribution >= 0.6 is 23.4 Å². The smallest absolute Gasteiger partial charge is 0.240 e. The number of rotatable bonds is 10. The molecule has 0 atom stereocenters. The van der Waals surface area contributed by atoms with E-state index < -0.39 is 10.0 Å². The first-order valence-electron chi connectivity index (χ1n) is 8.89. The van der Waals surface area contributed by atoms with Crippen molar-refractivity contribution in [1.29, 1.82) is 0 Å². The van der Waals surface area contributed by atoms with Gasteiger partial charge in [-0.25, -0.2) is 8.42 Å². The molecule has 2 aromatic rings. The maximum absolute atomic E-state index is 12.2. The van der Waals surface area contributed by atoms with Gasteiger partial charge in [0, 0.05) is 17.3 Å². The number of sulfonamides is 1. The molecule has 0 radical (unpaired) electrons. The highest BCUT2D eigenvalue weighted by atomic mass is 35.5. The summed E-state index contributed by atoms with van der Waals surface area (Å²) in [6.45, 7) is 2.17. The molecule has 5 nitrogen and oxygen atoms in total. The van der Waals surface area contributed by atoms with E-state index in [0.717, 1.165) is 39.1 Å². The Kier molecular flexibility index (Phi) is 8.66. The number of amides is 1. The summed E-state index contributed by atoms with van der Waals surface area (Å²) in [6.07, 6.45) is 1.92. The predicted molar refractivity (Wildman–Crippen MR) is 119 cm³/mol. The second-order valence-electron chi connectivity index (χ2n) is 6.49. The molecule has 152 valence electrons. The van der Waals surface area contributed by atoms with Crippen LogP contribution in [0.2, 0.25) is 5.02 Å². The standard InChI is InChI=1S/C20H25ClN2O3S2/c1-16-5-3-6-19(13-16)23(28(2,25)26)14-20(24)22-11-4-12-27-15-17-7-9-18(21)10-8-17/h3,5-10,13H,4,11-12,14-15H2,1-2H3,(H,22,24). The van der Waals surface area contributed by atoms with Gasteiger partial charge >= 0.3 is 0 Å². The number of nitrogens with zero attached hydrogens (tertiary/aromatic N) is 1. The lowest BCUT2D eigenvalue weighted by atomic mass is 10.2. The number of benzene rings is 2. The van der Waals surface area contributed by atoms with Crippen LogP contribution in [-0.2, 0) is 20.6 Å². The average Bonchev–Trinajstić information content (AvgIpc) is 2.63. The fourth-order valence-corrected chi connectivity index (χ4v) is 4.44. The maximum atomic E-state index is 12.2. The van der Waals surface area contributed by atoms with Crippen LogP contribution in [-0.4, -0.2) is 39.4 Å². The summed E-state index contributed by atoms with van der Waals surface area (Å²) in [7, 11) is -3.54. The molecule has 0 aliphatic carbocycles. The number of aryl methyl sites for hydroxylation is 1. The van der Waals surface area contributed by atoms with Crippen molar-refractivity contribution in [3.05, 3.63) is 64.7 Å². The zero-order valence-electron chi connectivity index (χ0n) is 16.0. The largest absolute Gasteiger partial charge is 0.354 e. The molecule has 28 heavy (non-hydrogen) atoms. The zero-order chi connectivity index (χ0) is 20.6. The summed E-state index contributed by atoms with van der Waals surface area (Å²) in [4.78, 5) is 12.2. The fraction of sp³-hybridized carbons (Fsp3) is 0.350. The number of hydrogen-bond donors (Lipinski definition) is 1. The maximum Gasteiger partial charge on any atom is 0.240 e. The second kappa shape index (κ2) is 10.7. The number of carbonyl (C=O) groups is 1. The van der Waals surface area contributed by atoms with Gasteiger partial charge in [-0.1, -0.05) is 35.9 Å². The minimum absolute atomic E-state index is 0.222. The fourth-order valence-electron chi connectivity index (χ4n) is 2.54. The third kappa shape index (κ3) is 7.73. The minimum atomic E-state index is -3.54. The monoisotopic (exact) mass is 440 g/mol. The highest BCUT2D eigenvalue weighted by Gasteiger charge is 2.20. The highest BCUT2D eigenvalue weighted by Crippen LogP contribution is 2.19. The van der Waals surface area contributed by atoms with Gasteiger partial charge < -0.3 is 5.32 Å². The Morgan fingerprint density at radius 3 is 2.54 bits per heavy atom. The number of thioether (sulfide) groups is 1. The highest BCUT2D eigenvalue weighted by molar-refractivity contribution is 7.98. The van der Waals surface area contributed by atoms with E-state index in [1.54, 1.807) is 30.0 Å². The van der Waals surface area contributed by atoms with Gasteiger partial charge in [0.05, 0.1) is 11.9 Å². The van der Waals surface area contributed by atoms with Crippen LogP contribution in [0.1, 0.15) is 17.5 Å². The first-order valence-corrected chi connectivity index (χ1v) is 12.3. The van der Waals surface area contributed by atoms with E-state index in [0.29, 0.717) is 12.2 Å². The number of anilines is 1. The van der Waals surface area contributed by atoms with E-state index in [2.05, 4.69) is 5.32 Å². The first kappa shape index (κ1) is 22.6. The first-order chi connectivity index (χ1) is 13.3. The van der Waals surface area contributed by atoms with Crippen LogP contribution in [0.4, 0.5) is 5.69 Å². The van der Waals surface area contributed by atoms with Crippen LogP contribution in [0, 0.1) is 6.92 Å². The van der Waals surface area contributed by atoms with E-state index >= 15 is 0 Å². The van der Waals surface area contributed by atoms with Gasteiger partial charge in [0.1, 0.15) is 6.54 Å². The van der Waals surface area contributed by atoms with Crippen molar-refractivity contribution in [1.82, 2.24) is 5.32 Å². The van der Waals surface area contributed by atoms with Gasteiger partial charge in [-0.2, -0.15) is 11.8 Å². The Hall–Kier alpha value is -1.70. The van der Waals surface area contributed by atoms with Gasteiger partial charge in [0.2, 0.25) is 15.9 Å². The minimum Gasteiger partial charge on any atom is -0.354 e. The predicted octanol–water partition coefficient (Wildman–Crippen LogP) is 3.85. The van der Waals surface area contributed by atoms with Gasteiger partial charge in [-0.05, 0) is 54.5 Å². The average molecular weight is 441 g/mol. The molecule has 0 spiro atoms. The number of hydrogen-bond acceptors (Lipinski definition) is 4. The number of nitrogens with one attached hydrogen (secondary N) is 1. The van der Waals surface area contributed by atoms with Crippen LogP contribution in [0.3, 0.4) is 0 Å². The molecular weight excluding hydrogens is 416 g/mol. The van der Waals surface area contributed by atoms with Gasteiger partial charge in [0.25, 0.3) is 0 Å². The molecule has 2 aromatic carbocycles. The molecule has 1 N–H and O–H groups in total. The quantitative estimate of drug-likeness (QED) is 0.570. The van der Waals surface area contributed by atoms with Crippen molar-refractivity contribution in [2.24, 2.45) is 0 Å². The molecule has 1 amide bonds. The van der Waals surface area contributed by atoms with Crippen molar-refractivity contribution in [3.63, 3.8) is 0 Å². The third-order valence-electron chi connectivity index (χ3n) is 3.95. The van der Waals surface area contributed by atoms with E-state index in [-0.39, 0.29) is 12.5 Å². The van der Waals surface area contributed by atoms with Crippen LogP contribution < -0.4 is 9.62 Å². The molecule has 0 unspecified atom stereocenters. The Labute approximate surface area is 176 Å². The van der Waals surface area contributed by atoms with E-state index in [4.69, 9.17) is 11.6 Å². The van der Waals surface area contributed by atoms with Crippen molar-refractivity contribution >= 4 is 45.0 Å². The Balaban J connectivity index is 1.74. The molecule has 8 heteroatoms. The summed E-state index contributed by atoms with van der Waals surface area (Å²) < 4.78 is 25.3. The summed E-state index contributed by atoms with van der Waals surface area (Å²) >= 11 is 7.65. The normalized spacial score (nSPS) is 11.2. The van der Waals surface area contributed by atoms with Gasteiger partial charge in [-0.3, -0.25) is 9.10 Å². The molecule has 0 aliphatic rings. The summed E-state index contributed by atoms with van der Waals surface area (Å²) in [5, 5.41) is 3.53. The third-order valence-corrected chi connectivity index (χ3v) is 6.45. The molecule has 0 aromatic heterocycles. The van der Waals surface area contributed by atoms with Crippen LogP contribution in [0.5, 0.6) is 0 Å². The lowest BCUT2D eigenvalue weighted by Crippen LogP contribution is -2.40. The zero-order valence-corrected chi connectivity index (χ0v) is 18.4. The molecule has 0 aliphatic heterocycles. The molecule has 0 heterocycles. The van der Waals surface area contributed by atoms with Crippen LogP contribution in [0.15, 0.2) is 48.5 Å². The molecular formula is C20H25ClN2O3S2. The summed E-state index contributed by atoms with van der Waals surface area (Å²) in [6, 6.07) is 14.9. The van der Waals surface area contributed by atoms with Crippen LogP contribution in [0.25, 0.3) is 0 Å². The Morgan fingerprint density at radius 2 is 1.89 bits per heavy atom. The van der Waals surface area contributed by atoms with Gasteiger partial charge in [-0.15, -0.1) is 0 Å². The molecule has 0 saturated heterocycles. The number of carbonyl (C=O) groups excluding carboxylic acids is 1. The SMILES string of the molecule is Cc1cccc(N(CC(=O)NCCCSCc2ccc(Cl)cc2)S(C)(=O)=O)c1. The van der Waals surface area contributed by atoms with E-state index in [1.165, 1.54) is 5.56 Å². The Morgan fingerprint density at radius 1 is 1.18 bits per heavy atom. The number of halogens is 1. The van der Waals surface area contributed by atoms with Crippen molar-refractivity contribution in [2.75, 3.05) is 29.4 Å². The molecule has 2 rings (SSSR count). The topological polar surface area (TPSA) is 66.5 Å². The van der Waals surface area contributed by atoms with E-state index in [9.17, 15) is 13.2 Å². The molecule has 0 fully saturated rings. The molecule has 0 bridgehead atoms. The second-order valence-corrected chi connectivity index (χ2v) is 9.94. The van der Waals surface area contributed by atoms with Crippen molar-refractivity contribution in [2.45, 2.75) is 19.1 Å². The molecule has 0 saturated carbocycles. The lowest BCUT2D eigenvalue weighted by molar-refractivity contribution is -0.119. The Bertz CT molecular complexity index is 887.